The van der Waals surface area contributed by atoms with E-state index in [4.69, 9.17) is 0 Å². The summed E-state index contributed by atoms with van der Waals surface area (Å²) in [6.45, 7) is 7.68. The van der Waals surface area contributed by atoms with Crippen LogP contribution < -0.4 is 5.32 Å². The number of piperazine rings is 1. The molecule has 19 heavy (non-hydrogen) atoms. The van der Waals surface area contributed by atoms with Crippen LogP contribution in [0.4, 0.5) is 0 Å². The molecular formula is C13H25N3O3. The summed E-state index contributed by atoms with van der Waals surface area (Å²) in [5.41, 5.74) is 0. The maximum Gasteiger partial charge on any atom is 0.310 e. The van der Waals surface area contributed by atoms with Gasteiger partial charge in [0.2, 0.25) is 5.91 Å². The normalized spacial score (nSPS) is 19.6. The van der Waals surface area contributed by atoms with Crippen molar-refractivity contribution in [2.24, 2.45) is 5.92 Å². The molecule has 1 saturated heterocycles. The number of carbonyl (C=O) groups excluding carboxylic acids is 2. The second kappa shape index (κ2) is 7.45. The van der Waals surface area contributed by atoms with Crippen LogP contribution >= 0.6 is 0 Å². The Morgan fingerprint density at radius 2 is 1.89 bits per heavy atom. The fourth-order valence-electron chi connectivity index (χ4n) is 2.32. The molecule has 1 fully saturated rings. The summed E-state index contributed by atoms with van der Waals surface area (Å²) in [4.78, 5) is 27.4. The topological polar surface area (TPSA) is 61.9 Å². The summed E-state index contributed by atoms with van der Waals surface area (Å²) < 4.78 is 4.67. The molecule has 6 heteroatoms. The van der Waals surface area contributed by atoms with Gasteiger partial charge in [0.05, 0.1) is 19.1 Å². The molecule has 2 unspecified atom stereocenters. The molecule has 0 radical (unpaired) electrons. The van der Waals surface area contributed by atoms with Crippen LogP contribution in [0, 0.1) is 5.92 Å². The lowest BCUT2D eigenvalue weighted by atomic mass is 10.1. The number of nitrogens with zero attached hydrogens (tertiary/aromatic N) is 2. The number of likely N-dealkylation sites (N-methyl/N-ethyl adjacent to an activating group) is 1. The second-order valence-electron chi connectivity index (χ2n) is 5.10. The van der Waals surface area contributed by atoms with Gasteiger partial charge in [-0.25, -0.2) is 0 Å². The first-order chi connectivity index (χ1) is 8.97. The average molecular weight is 271 g/mol. The van der Waals surface area contributed by atoms with Crippen LogP contribution in [-0.4, -0.2) is 74.6 Å². The minimum absolute atomic E-state index is 0.0534. The van der Waals surface area contributed by atoms with E-state index in [1.807, 2.05) is 6.92 Å². The third-order valence-electron chi connectivity index (χ3n) is 3.58. The lowest BCUT2D eigenvalue weighted by molar-refractivity contribution is -0.146. The number of carbonyl (C=O) groups is 2. The van der Waals surface area contributed by atoms with Gasteiger partial charge in [0.1, 0.15) is 0 Å². The zero-order valence-corrected chi connectivity index (χ0v) is 12.3. The molecule has 1 N–H and O–H groups in total. The number of amides is 1. The van der Waals surface area contributed by atoms with E-state index < -0.39 is 0 Å². The van der Waals surface area contributed by atoms with Gasteiger partial charge in [-0.05, 0) is 6.92 Å². The summed E-state index contributed by atoms with van der Waals surface area (Å²) in [5.74, 6) is -0.527. The monoisotopic (exact) mass is 271 g/mol. The number of rotatable bonds is 5. The Kier molecular flexibility index (Phi) is 6.24. The van der Waals surface area contributed by atoms with Crippen LogP contribution in [0.5, 0.6) is 0 Å². The van der Waals surface area contributed by atoms with Crippen LogP contribution in [-0.2, 0) is 14.3 Å². The predicted molar refractivity (Wildman–Crippen MR) is 72.7 cm³/mol. The van der Waals surface area contributed by atoms with Gasteiger partial charge in [-0.2, -0.15) is 0 Å². The number of ether oxygens (including phenoxy) is 1. The van der Waals surface area contributed by atoms with Crippen molar-refractivity contribution in [2.45, 2.75) is 19.9 Å². The van der Waals surface area contributed by atoms with E-state index in [-0.39, 0.29) is 23.8 Å². The van der Waals surface area contributed by atoms with Crippen molar-refractivity contribution in [1.29, 1.82) is 0 Å². The van der Waals surface area contributed by atoms with Crippen molar-refractivity contribution in [3.63, 3.8) is 0 Å². The standard InChI is InChI=1S/C13H25N3O3/c1-10(13(18)19-4)9-15(3)12(17)11(2)16-7-5-14-6-8-16/h10-11,14H,5-9H2,1-4H3. The molecule has 110 valence electrons. The quantitative estimate of drug-likeness (QED) is 0.686. The molecule has 0 aromatic heterocycles. The zero-order valence-electron chi connectivity index (χ0n) is 12.3. The fraction of sp³-hybridized carbons (Fsp3) is 0.846. The first kappa shape index (κ1) is 15.9. The Bertz CT molecular complexity index is 316. The molecule has 1 amide bonds. The third-order valence-corrected chi connectivity index (χ3v) is 3.58. The molecule has 0 saturated carbocycles. The van der Waals surface area contributed by atoms with Crippen LogP contribution in [0.1, 0.15) is 13.8 Å². The molecule has 6 nitrogen and oxygen atoms in total. The van der Waals surface area contributed by atoms with Crippen LogP contribution in [0.25, 0.3) is 0 Å². The fourth-order valence-corrected chi connectivity index (χ4v) is 2.32. The Morgan fingerprint density at radius 1 is 1.32 bits per heavy atom. The zero-order chi connectivity index (χ0) is 14.4. The molecule has 2 atom stereocenters. The van der Waals surface area contributed by atoms with Gasteiger partial charge in [0, 0.05) is 39.8 Å². The second-order valence-corrected chi connectivity index (χ2v) is 5.10. The minimum atomic E-state index is -0.297. The van der Waals surface area contributed by atoms with E-state index in [1.165, 1.54) is 7.11 Å². The molecular weight excluding hydrogens is 246 g/mol. The number of hydrogen-bond acceptors (Lipinski definition) is 5. The number of hydrogen-bond donors (Lipinski definition) is 1. The van der Waals surface area contributed by atoms with E-state index in [2.05, 4.69) is 15.0 Å². The molecule has 1 heterocycles. The van der Waals surface area contributed by atoms with Gasteiger partial charge >= 0.3 is 5.97 Å². The highest BCUT2D eigenvalue weighted by atomic mass is 16.5. The Balaban J connectivity index is 2.48. The molecule has 1 aliphatic heterocycles. The number of methoxy groups -OCH3 is 1. The summed E-state index contributed by atoms with van der Waals surface area (Å²) >= 11 is 0. The predicted octanol–water partition coefficient (Wildman–Crippen LogP) is -0.452. The van der Waals surface area contributed by atoms with E-state index in [9.17, 15) is 9.59 Å². The third kappa shape index (κ3) is 4.47. The molecule has 1 rings (SSSR count). The van der Waals surface area contributed by atoms with E-state index >= 15 is 0 Å². The highest BCUT2D eigenvalue weighted by molar-refractivity contribution is 5.82. The van der Waals surface area contributed by atoms with Gasteiger partial charge in [-0.15, -0.1) is 0 Å². The van der Waals surface area contributed by atoms with E-state index in [1.54, 1.807) is 18.9 Å². The first-order valence-electron chi connectivity index (χ1n) is 6.75. The Morgan fingerprint density at radius 3 is 2.42 bits per heavy atom. The van der Waals surface area contributed by atoms with E-state index in [0.29, 0.717) is 6.54 Å². The molecule has 1 aliphatic rings. The number of esters is 1. The lowest BCUT2D eigenvalue weighted by Gasteiger charge is -2.34. The molecule has 0 spiro atoms. The maximum absolute atomic E-state index is 12.3. The highest BCUT2D eigenvalue weighted by Gasteiger charge is 2.27. The van der Waals surface area contributed by atoms with Gasteiger partial charge in [-0.1, -0.05) is 6.92 Å². The maximum atomic E-state index is 12.3. The van der Waals surface area contributed by atoms with E-state index in [0.717, 1.165) is 26.2 Å². The van der Waals surface area contributed by atoms with Crippen LogP contribution in [0.15, 0.2) is 0 Å². The lowest BCUT2D eigenvalue weighted by Crippen LogP contribution is -2.53. The minimum Gasteiger partial charge on any atom is -0.469 e. The number of nitrogens with one attached hydrogen (secondary N) is 1. The molecule has 0 aromatic rings. The highest BCUT2D eigenvalue weighted by Crippen LogP contribution is 2.07. The van der Waals surface area contributed by atoms with Crippen molar-refractivity contribution in [2.75, 3.05) is 46.9 Å². The Hall–Kier alpha value is -1.14. The van der Waals surface area contributed by atoms with Crippen LogP contribution in [0.3, 0.4) is 0 Å². The SMILES string of the molecule is COC(=O)C(C)CN(C)C(=O)C(C)N1CCNCC1. The van der Waals surface area contributed by atoms with Gasteiger partial charge in [-0.3, -0.25) is 14.5 Å². The smallest absolute Gasteiger partial charge is 0.310 e. The van der Waals surface area contributed by atoms with Crippen LogP contribution in [0.2, 0.25) is 0 Å². The average Bonchev–Trinajstić information content (AvgIpc) is 2.45. The van der Waals surface area contributed by atoms with Gasteiger partial charge in [0.25, 0.3) is 0 Å². The van der Waals surface area contributed by atoms with Crippen molar-refractivity contribution in [3.05, 3.63) is 0 Å². The molecule has 0 aromatic carbocycles. The van der Waals surface area contributed by atoms with Gasteiger partial charge in [0.15, 0.2) is 0 Å². The van der Waals surface area contributed by atoms with Crippen molar-refractivity contribution in [1.82, 2.24) is 15.1 Å². The van der Waals surface area contributed by atoms with Crippen molar-refractivity contribution < 1.29 is 14.3 Å². The summed E-state index contributed by atoms with van der Waals surface area (Å²) in [5, 5.41) is 3.26. The van der Waals surface area contributed by atoms with Gasteiger partial charge < -0.3 is 15.0 Å². The first-order valence-corrected chi connectivity index (χ1v) is 6.75. The summed E-state index contributed by atoms with van der Waals surface area (Å²) in [6.07, 6.45) is 0. The largest absolute Gasteiger partial charge is 0.469 e. The Labute approximate surface area is 115 Å². The molecule has 0 bridgehead atoms. The summed E-state index contributed by atoms with van der Waals surface area (Å²) in [6, 6.07) is -0.142. The van der Waals surface area contributed by atoms with Crippen molar-refractivity contribution >= 4 is 11.9 Å². The summed E-state index contributed by atoms with van der Waals surface area (Å²) in [7, 11) is 3.10. The van der Waals surface area contributed by atoms with Crippen molar-refractivity contribution in [3.8, 4) is 0 Å². The molecule has 0 aliphatic carbocycles.